The molecule has 9 heteroatoms. The van der Waals surface area contributed by atoms with Crippen molar-refractivity contribution in [2.24, 2.45) is 11.1 Å². The summed E-state index contributed by atoms with van der Waals surface area (Å²) < 4.78 is 25.5. The topological polar surface area (TPSA) is 106 Å². The van der Waals surface area contributed by atoms with Crippen LogP contribution in [0.25, 0.3) is 0 Å². The molecule has 16 heavy (non-hydrogen) atoms. The van der Waals surface area contributed by atoms with Crippen molar-refractivity contribution in [3.8, 4) is 0 Å². The molecule has 0 saturated carbocycles. The molecule has 0 aromatic carbocycles. The summed E-state index contributed by atoms with van der Waals surface area (Å²) in [5, 5.41) is 9.22. The highest BCUT2D eigenvalue weighted by Crippen LogP contribution is 2.27. The zero-order valence-corrected chi connectivity index (χ0v) is 9.87. The highest BCUT2D eigenvalue weighted by molar-refractivity contribution is 7.89. The van der Waals surface area contributed by atoms with E-state index in [1.807, 2.05) is 0 Å². The van der Waals surface area contributed by atoms with Crippen LogP contribution in [0.15, 0.2) is 6.20 Å². The molecule has 1 atom stereocenters. The van der Waals surface area contributed by atoms with Crippen molar-refractivity contribution in [2.75, 3.05) is 17.2 Å². The predicted octanol–water partition coefficient (Wildman–Crippen LogP) is -0.820. The SMILES string of the molecule is NS(=O)(=O)CC1CC(=O)N(c2cnns2)C1. The zero-order chi connectivity index (χ0) is 11.8. The number of sulfonamides is 1. The minimum Gasteiger partial charge on any atom is -0.301 e. The van der Waals surface area contributed by atoms with Crippen molar-refractivity contribution in [1.82, 2.24) is 9.59 Å². The third-order valence-corrected chi connectivity index (χ3v) is 3.91. The van der Waals surface area contributed by atoms with Crippen LogP contribution in [0.1, 0.15) is 6.42 Å². The normalized spacial score (nSPS) is 21.7. The van der Waals surface area contributed by atoms with Gasteiger partial charge < -0.3 is 4.90 Å². The molecule has 0 radical (unpaired) electrons. The lowest BCUT2D eigenvalue weighted by Crippen LogP contribution is -2.26. The summed E-state index contributed by atoms with van der Waals surface area (Å²) in [6.45, 7) is 0.360. The predicted molar refractivity (Wildman–Crippen MR) is 58.3 cm³/mol. The van der Waals surface area contributed by atoms with Gasteiger partial charge >= 0.3 is 0 Å². The second kappa shape index (κ2) is 4.07. The smallest absolute Gasteiger partial charge is 0.228 e. The van der Waals surface area contributed by atoms with Gasteiger partial charge in [0.25, 0.3) is 0 Å². The fourth-order valence-corrected chi connectivity index (χ4v) is 3.14. The number of amides is 1. The van der Waals surface area contributed by atoms with Crippen molar-refractivity contribution in [3.05, 3.63) is 6.20 Å². The van der Waals surface area contributed by atoms with Crippen molar-refractivity contribution < 1.29 is 13.2 Å². The molecule has 1 aromatic heterocycles. The van der Waals surface area contributed by atoms with Gasteiger partial charge in [-0.1, -0.05) is 4.49 Å². The first-order valence-corrected chi connectivity index (χ1v) is 7.03. The van der Waals surface area contributed by atoms with Crippen LogP contribution in [-0.4, -0.2) is 36.2 Å². The maximum absolute atomic E-state index is 11.6. The molecule has 1 saturated heterocycles. The van der Waals surface area contributed by atoms with Gasteiger partial charge in [0.05, 0.1) is 11.9 Å². The number of rotatable bonds is 3. The summed E-state index contributed by atoms with van der Waals surface area (Å²) >= 11 is 1.11. The minimum absolute atomic E-state index is 0.111. The Hall–Kier alpha value is -1.06. The molecule has 2 N–H and O–H groups in total. The Bertz CT molecular complexity index is 484. The zero-order valence-electron chi connectivity index (χ0n) is 8.24. The van der Waals surface area contributed by atoms with Gasteiger partial charge in [-0.25, -0.2) is 13.6 Å². The summed E-state index contributed by atoms with van der Waals surface area (Å²) in [5.74, 6) is -0.522. The number of carbonyl (C=O) groups excluding carboxylic acids is 1. The number of aromatic nitrogens is 2. The van der Waals surface area contributed by atoms with E-state index in [0.29, 0.717) is 11.5 Å². The van der Waals surface area contributed by atoms with Gasteiger partial charge in [-0.05, 0) is 0 Å². The van der Waals surface area contributed by atoms with Gasteiger partial charge in [0.2, 0.25) is 15.9 Å². The third kappa shape index (κ3) is 2.54. The quantitative estimate of drug-likeness (QED) is 0.766. The van der Waals surface area contributed by atoms with Crippen LogP contribution in [0, 0.1) is 5.92 Å². The highest BCUT2D eigenvalue weighted by Gasteiger charge is 2.33. The summed E-state index contributed by atoms with van der Waals surface area (Å²) in [7, 11) is -3.53. The number of hydrogen-bond donors (Lipinski definition) is 1. The van der Waals surface area contributed by atoms with Crippen LogP contribution in [-0.2, 0) is 14.8 Å². The third-order valence-electron chi connectivity index (χ3n) is 2.29. The van der Waals surface area contributed by atoms with Crippen molar-refractivity contribution >= 4 is 32.5 Å². The van der Waals surface area contributed by atoms with E-state index in [4.69, 9.17) is 5.14 Å². The monoisotopic (exact) mass is 262 g/mol. The van der Waals surface area contributed by atoms with Gasteiger partial charge in [-0.15, -0.1) is 5.10 Å². The van der Waals surface area contributed by atoms with Crippen molar-refractivity contribution in [2.45, 2.75) is 6.42 Å². The fraction of sp³-hybridized carbons (Fsp3) is 0.571. The second-order valence-electron chi connectivity index (χ2n) is 3.66. The minimum atomic E-state index is -3.53. The lowest BCUT2D eigenvalue weighted by Gasteiger charge is -2.12. The maximum Gasteiger partial charge on any atom is 0.228 e. The average Bonchev–Trinajstić information content (AvgIpc) is 2.71. The van der Waals surface area contributed by atoms with Crippen LogP contribution in [0.3, 0.4) is 0 Å². The fourth-order valence-electron chi connectivity index (χ4n) is 1.72. The first-order valence-electron chi connectivity index (χ1n) is 4.54. The second-order valence-corrected chi connectivity index (χ2v) is 6.08. The van der Waals surface area contributed by atoms with Gasteiger partial charge in [0.15, 0.2) is 0 Å². The molecule has 1 fully saturated rings. The van der Waals surface area contributed by atoms with Crippen LogP contribution in [0.2, 0.25) is 0 Å². The van der Waals surface area contributed by atoms with E-state index in [1.54, 1.807) is 0 Å². The van der Waals surface area contributed by atoms with E-state index in [1.165, 1.54) is 11.1 Å². The molecule has 1 aliphatic rings. The molecular weight excluding hydrogens is 252 g/mol. The van der Waals surface area contributed by atoms with Crippen LogP contribution >= 0.6 is 11.5 Å². The molecular formula is C7H10N4O3S2. The van der Waals surface area contributed by atoms with E-state index in [-0.39, 0.29) is 24.0 Å². The number of carbonyl (C=O) groups is 1. The molecule has 1 amide bonds. The molecule has 0 spiro atoms. The number of hydrogen-bond acceptors (Lipinski definition) is 6. The molecule has 2 heterocycles. The van der Waals surface area contributed by atoms with E-state index >= 15 is 0 Å². The average molecular weight is 262 g/mol. The van der Waals surface area contributed by atoms with Gasteiger partial charge in [0.1, 0.15) is 5.00 Å². The maximum atomic E-state index is 11.6. The van der Waals surface area contributed by atoms with Crippen LogP contribution in [0.5, 0.6) is 0 Å². The molecule has 1 aliphatic heterocycles. The lowest BCUT2D eigenvalue weighted by molar-refractivity contribution is -0.117. The summed E-state index contributed by atoms with van der Waals surface area (Å²) in [5.41, 5.74) is 0. The standard InChI is InChI=1S/C7H10N4O3S2/c8-16(13,14)4-5-1-6(12)11(3-5)7-2-9-10-15-7/h2,5H,1,3-4H2,(H2,8,13,14). The van der Waals surface area contributed by atoms with E-state index < -0.39 is 10.0 Å². The van der Waals surface area contributed by atoms with Gasteiger partial charge in [-0.2, -0.15) is 0 Å². The van der Waals surface area contributed by atoms with Gasteiger partial charge in [0, 0.05) is 30.4 Å². The Balaban J connectivity index is 2.08. The first kappa shape index (κ1) is 11.4. The Labute approximate surface area is 96.5 Å². The summed E-state index contributed by atoms with van der Waals surface area (Å²) in [6, 6.07) is 0. The first-order chi connectivity index (χ1) is 7.46. The van der Waals surface area contributed by atoms with Crippen LogP contribution < -0.4 is 10.0 Å². The number of nitrogens with two attached hydrogens (primary N) is 1. The number of primary sulfonamides is 1. The summed E-state index contributed by atoms with van der Waals surface area (Å²) in [4.78, 5) is 13.1. The van der Waals surface area contributed by atoms with E-state index in [2.05, 4.69) is 9.59 Å². The Morgan fingerprint density at radius 1 is 1.62 bits per heavy atom. The lowest BCUT2D eigenvalue weighted by atomic mass is 10.1. The van der Waals surface area contributed by atoms with Crippen molar-refractivity contribution in [1.29, 1.82) is 0 Å². The number of anilines is 1. The van der Waals surface area contributed by atoms with E-state index in [9.17, 15) is 13.2 Å². The molecule has 0 bridgehead atoms. The van der Waals surface area contributed by atoms with Crippen molar-refractivity contribution in [3.63, 3.8) is 0 Å². The molecule has 7 nitrogen and oxygen atoms in total. The van der Waals surface area contributed by atoms with Crippen LogP contribution in [0.4, 0.5) is 5.00 Å². The molecule has 88 valence electrons. The Kier molecular flexibility index (Phi) is 2.91. The largest absolute Gasteiger partial charge is 0.301 e. The Morgan fingerprint density at radius 2 is 2.38 bits per heavy atom. The molecule has 0 aliphatic carbocycles. The van der Waals surface area contributed by atoms with Gasteiger partial charge in [-0.3, -0.25) is 4.79 Å². The number of nitrogens with zero attached hydrogens (tertiary/aromatic N) is 3. The summed E-state index contributed by atoms with van der Waals surface area (Å²) in [6.07, 6.45) is 1.69. The molecule has 1 unspecified atom stereocenters. The molecule has 2 rings (SSSR count). The Morgan fingerprint density at radius 3 is 2.94 bits per heavy atom. The van der Waals surface area contributed by atoms with E-state index in [0.717, 1.165) is 11.5 Å². The molecule has 1 aromatic rings. The highest BCUT2D eigenvalue weighted by atomic mass is 32.2.